The van der Waals surface area contributed by atoms with E-state index in [4.69, 9.17) is 16.3 Å². The van der Waals surface area contributed by atoms with Crippen LogP contribution in [0.4, 0.5) is 5.69 Å². The van der Waals surface area contributed by atoms with Crippen molar-refractivity contribution in [3.05, 3.63) is 57.1 Å². The Balaban J connectivity index is 1.99. The zero-order valence-electron chi connectivity index (χ0n) is 10.8. The number of para-hydroxylation sites is 1. The van der Waals surface area contributed by atoms with Crippen LogP contribution in [0.1, 0.15) is 6.92 Å². The number of hydrogen-bond donors (Lipinski definition) is 1. The lowest BCUT2D eigenvalue weighted by Gasteiger charge is -2.15. The van der Waals surface area contributed by atoms with Gasteiger partial charge in [-0.05, 0) is 65.9 Å². The average Bonchev–Trinajstić information content (AvgIpc) is 2.44. The maximum absolute atomic E-state index is 12.0. The minimum atomic E-state index is -0.630. The van der Waals surface area contributed by atoms with Crippen LogP contribution in [0.15, 0.2) is 48.5 Å². The lowest BCUT2D eigenvalue weighted by atomic mass is 10.3. The molecule has 20 heavy (non-hydrogen) atoms. The van der Waals surface area contributed by atoms with Crippen molar-refractivity contribution < 1.29 is 9.53 Å². The molecule has 0 heterocycles. The third-order valence-corrected chi connectivity index (χ3v) is 3.65. The van der Waals surface area contributed by atoms with E-state index >= 15 is 0 Å². The van der Waals surface area contributed by atoms with Gasteiger partial charge in [-0.25, -0.2) is 0 Å². The Kier molecular flexibility index (Phi) is 5.25. The van der Waals surface area contributed by atoms with Crippen molar-refractivity contribution in [2.75, 3.05) is 5.32 Å². The number of anilines is 1. The first-order valence-corrected chi connectivity index (χ1v) is 7.49. The van der Waals surface area contributed by atoms with Gasteiger partial charge in [-0.3, -0.25) is 4.79 Å². The van der Waals surface area contributed by atoms with Gasteiger partial charge in [-0.1, -0.05) is 23.7 Å². The number of carbonyl (C=O) groups is 1. The number of ether oxygens (including phenoxy) is 1. The van der Waals surface area contributed by atoms with Crippen molar-refractivity contribution in [1.29, 1.82) is 0 Å². The molecule has 0 unspecified atom stereocenters. The maximum Gasteiger partial charge on any atom is 0.265 e. The summed E-state index contributed by atoms with van der Waals surface area (Å²) in [6, 6.07) is 14.6. The fraction of sp³-hybridized carbons (Fsp3) is 0.133. The minimum Gasteiger partial charge on any atom is -0.479 e. The topological polar surface area (TPSA) is 38.3 Å². The molecule has 0 saturated heterocycles. The third kappa shape index (κ3) is 4.11. The van der Waals surface area contributed by atoms with Gasteiger partial charge in [0.1, 0.15) is 5.75 Å². The molecule has 3 nitrogen and oxygen atoms in total. The van der Waals surface area contributed by atoms with Crippen molar-refractivity contribution >= 4 is 45.8 Å². The quantitative estimate of drug-likeness (QED) is 0.774. The number of amides is 1. The van der Waals surface area contributed by atoms with Crippen LogP contribution in [-0.2, 0) is 4.79 Å². The number of halogens is 2. The van der Waals surface area contributed by atoms with E-state index < -0.39 is 6.10 Å². The number of rotatable bonds is 4. The lowest BCUT2D eigenvalue weighted by Crippen LogP contribution is -2.30. The molecule has 0 radical (unpaired) electrons. The molecule has 0 fully saturated rings. The van der Waals surface area contributed by atoms with E-state index in [1.54, 1.807) is 19.1 Å². The second-order valence-electron chi connectivity index (χ2n) is 4.19. The molecule has 0 bridgehead atoms. The van der Waals surface area contributed by atoms with E-state index in [0.29, 0.717) is 10.8 Å². The fourth-order valence-electron chi connectivity index (χ4n) is 1.56. The Morgan fingerprint density at radius 1 is 1.20 bits per heavy atom. The SMILES string of the molecule is C[C@H](Oc1ccccc1Cl)C(=O)Nc1ccc(I)cc1. The van der Waals surface area contributed by atoms with Crippen LogP contribution in [0.5, 0.6) is 5.75 Å². The molecule has 0 aliphatic carbocycles. The lowest BCUT2D eigenvalue weighted by molar-refractivity contribution is -0.122. The molecule has 1 amide bonds. The summed E-state index contributed by atoms with van der Waals surface area (Å²) < 4.78 is 6.67. The summed E-state index contributed by atoms with van der Waals surface area (Å²) >= 11 is 8.20. The summed E-state index contributed by atoms with van der Waals surface area (Å²) in [6.07, 6.45) is -0.630. The van der Waals surface area contributed by atoms with Gasteiger partial charge in [0.2, 0.25) is 0 Å². The molecule has 0 aliphatic rings. The van der Waals surface area contributed by atoms with Gasteiger partial charge in [0, 0.05) is 9.26 Å². The summed E-state index contributed by atoms with van der Waals surface area (Å²) in [4.78, 5) is 12.0. The Morgan fingerprint density at radius 2 is 1.85 bits per heavy atom. The highest BCUT2D eigenvalue weighted by Crippen LogP contribution is 2.24. The Labute approximate surface area is 136 Å². The number of hydrogen-bond acceptors (Lipinski definition) is 2. The predicted octanol–water partition coefficient (Wildman–Crippen LogP) is 4.35. The minimum absolute atomic E-state index is 0.217. The average molecular weight is 402 g/mol. The zero-order chi connectivity index (χ0) is 14.5. The van der Waals surface area contributed by atoms with E-state index in [0.717, 1.165) is 9.26 Å². The van der Waals surface area contributed by atoms with Crippen molar-refractivity contribution in [3.8, 4) is 5.75 Å². The van der Waals surface area contributed by atoms with E-state index in [1.165, 1.54) is 0 Å². The van der Waals surface area contributed by atoms with Gasteiger partial charge in [0.15, 0.2) is 6.10 Å². The molecule has 2 aromatic rings. The number of benzene rings is 2. The second-order valence-corrected chi connectivity index (χ2v) is 5.84. The fourth-order valence-corrected chi connectivity index (χ4v) is 2.10. The van der Waals surface area contributed by atoms with Crippen LogP contribution in [0.3, 0.4) is 0 Å². The van der Waals surface area contributed by atoms with Crippen molar-refractivity contribution in [2.24, 2.45) is 0 Å². The Hall–Kier alpha value is -1.27. The zero-order valence-corrected chi connectivity index (χ0v) is 13.7. The molecular formula is C15H13ClINO2. The molecule has 5 heteroatoms. The highest BCUT2D eigenvalue weighted by molar-refractivity contribution is 14.1. The Bertz CT molecular complexity index is 601. The van der Waals surface area contributed by atoms with Crippen LogP contribution in [0.25, 0.3) is 0 Å². The highest BCUT2D eigenvalue weighted by Gasteiger charge is 2.16. The molecule has 104 valence electrons. The smallest absolute Gasteiger partial charge is 0.265 e. The van der Waals surface area contributed by atoms with E-state index in [2.05, 4.69) is 27.9 Å². The summed E-state index contributed by atoms with van der Waals surface area (Å²) in [6.45, 7) is 1.69. The summed E-state index contributed by atoms with van der Waals surface area (Å²) in [5.41, 5.74) is 0.741. The molecule has 1 N–H and O–H groups in total. The Morgan fingerprint density at radius 3 is 2.50 bits per heavy atom. The van der Waals surface area contributed by atoms with E-state index in [9.17, 15) is 4.79 Å². The normalized spacial score (nSPS) is 11.8. The first-order chi connectivity index (χ1) is 9.56. The van der Waals surface area contributed by atoms with Crippen LogP contribution in [-0.4, -0.2) is 12.0 Å². The van der Waals surface area contributed by atoms with E-state index in [-0.39, 0.29) is 5.91 Å². The summed E-state index contributed by atoms with van der Waals surface area (Å²) in [7, 11) is 0. The molecule has 1 atom stereocenters. The highest BCUT2D eigenvalue weighted by atomic mass is 127. The molecular weight excluding hydrogens is 389 g/mol. The largest absolute Gasteiger partial charge is 0.479 e. The first kappa shape index (κ1) is 15.1. The van der Waals surface area contributed by atoms with Gasteiger partial charge in [-0.15, -0.1) is 0 Å². The summed E-state index contributed by atoms with van der Waals surface area (Å²) in [5, 5.41) is 3.29. The van der Waals surface area contributed by atoms with Gasteiger partial charge in [0.05, 0.1) is 5.02 Å². The molecule has 0 spiro atoms. The van der Waals surface area contributed by atoms with Gasteiger partial charge >= 0.3 is 0 Å². The maximum atomic E-state index is 12.0. The summed E-state index contributed by atoms with van der Waals surface area (Å²) in [5.74, 6) is 0.283. The monoisotopic (exact) mass is 401 g/mol. The molecule has 2 rings (SSSR count). The van der Waals surface area contributed by atoms with Crippen LogP contribution in [0, 0.1) is 3.57 Å². The molecule has 0 aromatic heterocycles. The molecule has 2 aromatic carbocycles. The van der Waals surface area contributed by atoms with Crippen molar-refractivity contribution in [2.45, 2.75) is 13.0 Å². The molecule has 0 aliphatic heterocycles. The second kappa shape index (κ2) is 6.95. The van der Waals surface area contributed by atoms with Gasteiger partial charge in [0.25, 0.3) is 5.91 Å². The van der Waals surface area contributed by atoms with Gasteiger partial charge in [-0.2, -0.15) is 0 Å². The van der Waals surface area contributed by atoms with Gasteiger partial charge < -0.3 is 10.1 Å². The predicted molar refractivity (Wildman–Crippen MR) is 89.3 cm³/mol. The first-order valence-electron chi connectivity index (χ1n) is 6.04. The van der Waals surface area contributed by atoms with Crippen molar-refractivity contribution in [1.82, 2.24) is 0 Å². The molecule has 0 saturated carbocycles. The van der Waals surface area contributed by atoms with Crippen molar-refractivity contribution in [3.63, 3.8) is 0 Å². The van der Waals surface area contributed by atoms with Crippen LogP contribution < -0.4 is 10.1 Å². The third-order valence-electron chi connectivity index (χ3n) is 2.62. The standard InChI is InChI=1S/C15H13ClINO2/c1-10(20-14-5-3-2-4-13(14)16)15(19)18-12-8-6-11(17)7-9-12/h2-10H,1H3,(H,18,19)/t10-/m0/s1. The van der Waals surface area contributed by atoms with E-state index in [1.807, 2.05) is 36.4 Å². The van der Waals surface area contributed by atoms with Crippen LogP contribution in [0.2, 0.25) is 5.02 Å². The number of nitrogens with one attached hydrogen (secondary N) is 1. The number of carbonyl (C=O) groups excluding carboxylic acids is 1. The van der Waals surface area contributed by atoms with Crippen LogP contribution >= 0.6 is 34.2 Å².